The lowest BCUT2D eigenvalue weighted by Gasteiger charge is -2.16. The van der Waals surface area contributed by atoms with Crippen molar-refractivity contribution in [1.82, 2.24) is 10.6 Å². The van der Waals surface area contributed by atoms with Gasteiger partial charge in [0.25, 0.3) is 5.91 Å². The molecule has 0 saturated heterocycles. The molecule has 0 aliphatic rings. The van der Waals surface area contributed by atoms with E-state index in [1.807, 2.05) is 5.40 Å². The van der Waals surface area contributed by atoms with Crippen LogP contribution < -0.4 is 15.4 Å². The minimum Gasteiger partial charge on any atom is -0.490 e. The van der Waals surface area contributed by atoms with Gasteiger partial charge in [-0.25, -0.2) is 0 Å². The zero-order valence-electron chi connectivity index (χ0n) is 19.4. The molecule has 2 N–H and O–H groups in total. The molecule has 0 heterocycles. The zero-order chi connectivity index (χ0) is 23.4. The lowest BCUT2D eigenvalue weighted by Crippen LogP contribution is -2.34. The normalized spacial score (nSPS) is 11.8. The van der Waals surface area contributed by atoms with Crippen LogP contribution in [0.1, 0.15) is 44.0 Å². The molecule has 1 rings (SSSR count). The van der Waals surface area contributed by atoms with Gasteiger partial charge in [0.1, 0.15) is 17.8 Å². The Balaban J connectivity index is 2.31. The maximum absolute atomic E-state index is 12.3. The molecular weight excluding hydrogens is 430 g/mol. The van der Waals surface area contributed by atoms with Crippen molar-refractivity contribution in [2.24, 2.45) is 0 Å². The van der Waals surface area contributed by atoms with Gasteiger partial charge in [0.15, 0.2) is 5.44 Å². The number of carbonyl (C=O) groups is 1. The number of rotatable bonds is 19. The molecule has 9 heteroatoms. The van der Waals surface area contributed by atoms with Crippen LogP contribution in [0.5, 0.6) is 5.75 Å². The van der Waals surface area contributed by atoms with Crippen molar-refractivity contribution < 1.29 is 23.7 Å². The number of ether oxygens (including phenoxy) is 4. The Kier molecular flexibility index (Phi) is 16.5. The number of carbonyl (C=O) groups excluding carboxylic acids is 1. The van der Waals surface area contributed by atoms with E-state index in [0.29, 0.717) is 56.9 Å². The first-order valence-electron chi connectivity index (χ1n) is 11.1. The second-order valence-electron chi connectivity index (χ2n) is 7.29. The Morgan fingerprint density at radius 3 is 2.59 bits per heavy atom. The number of hydrogen-bond acceptors (Lipinski definition) is 8. The quantitative estimate of drug-likeness (QED) is 0.182. The van der Waals surface area contributed by atoms with Gasteiger partial charge in [-0.2, -0.15) is 5.26 Å². The predicted molar refractivity (Wildman–Crippen MR) is 127 cm³/mol. The summed E-state index contributed by atoms with van der Waals surface area (Å²) >= 11 is 0.991. The Morgan fingerprint density at radius 2 is 1.88 bits per heavy atom. The van der Waals surface area contributed by atoms with Crippen LogP contribution in [0.2, 0.25) is 0 Å². The van der Waals surface area contributed by atoms with Crippen molar-refractivity contribution in [3.8, 4) is 11.2 Å². The van der Waals surface area contributed by atoms with Gasteiger partial charge >= 0.3 is 0 Å². The Hall–Kier alpha value is -1.83. The standard InChI is InChI=1S/C23H37N3O5S/c1-4-5-11-28-12-13-29-14-15-30-22(32-18-24)17-31-21-8-6-7-20(16-21)23(27)26-10-9-25-19(2)3/h6-8,16,19,22,25H,4-5,9-15,17H2,1-3H3,(H,26,27). The third-order valence-electron chi connectivity index (χ3n) is 4.18. The number of nitriles is 1. The molecule has 0 fully saturated rings. The minimum atomic E-state index is -0.455. The highest BCUT2D eigenvalue weighted by Gasteiger charge is 2.12. The lowest BCUT2D eigenvalue weighted by molar-refractivity contribution is 0.00125. The number of thiocyanates is 1. The molecule has 32 heavy (non-hydrogen) atoms. The number of thioether (sulfide) groups is 1. The molecule has 1 atom stereocenters. The molecule has 0 radical (unpaired) electrons. The zero-order valence-corrected chi connectivity index (χ0v) is 20.2. The molecule has 0 aliphatic carbocycles. The fraction of sp³-hybridized carbons (Fsp3) is 0.652. The van der Waals surface area contributed by atoms with Gasteiger partial charge in [0.2, 0.25) is 0 Å². The molecule has 0 spiro atoms. The van der Waals surface area contributed by atoms with Gasteiger partial charge in [-0.1, -0.05) is 33.3 Å². The third kappa shape index (κ3) is 14.3. The summed E-state index contributed by atoms with van der Waals surface area (Å²) in [5.74, 6) is 0.390. The smallest absolute Gasteiger partial charge is 0.251 e. The van der Waals surface area contributed by atoms with E-state index in [1.54, 1.807) is 24.3 Å². The van der Waals surface area contributed by atoms with Gasteiger partial charge in [0, 0.05) is 31.3 Å². The summed E-state index contributed by atoms with van der Waals surface area (Å²) in [6.07, 6.45) is 2.17. The van der Waals surface area contributed by atoms with Crippen molar-refractivity contribution in [3.63, 3.8) is 0 Å². The second kappa shape index (κ2) is 18.7. The van der Waals surface area contributed by atoms with E-state index < -0.39 is 5.44 Å². The Labute approximate surface area is 196 Å². The Morgan fingerprint density at radius 1 is 1.12 bits per heavy atom. The van der Waals surface area contributed by atoms with Crippen molar-refractivity contribution in [2.45, 2.75) is 45.1 Å². The van der Waals surface area contributed by atoms with Gasteiger partial charge < -0.3 is 29.6 Å². The van der Waals surface area contributed by atoms with E-state index in [1.165, 1.54) is 0 Å². The first kappa shape index (κ1) is 28.2. The van der Waals surface area contributed by atoms with Crippen molar-refractivity contribution >= 4 is 17.7 Å². The largest absolute Gasteiger partial charge is 0.490 e. The minimum absolute atomic E-state index is 0.156. The molecule has 1 aromatic rings. The molecule has 0 aliphatic heterocycles. The fourth-order valence-electron chi connectivity index (χ4n) is 2.51. The summed E-state index contributed by atoms with van der Waals surface area (Å²) in [5, 5.41) is 17.2. The van der Waals surface area contributed by atoms with Gasteiger partial charge in [-0.15, -0.1) is 0 Å². The highest BCUT2D eigenvalue weighted by Crippen LogP contribution is 2.17. The number of unbranched alkanes of at least 4 members (excludes halogenated alkanes) is 1. The third-order valence-corrected chi connectivity index (χ3v) is 4.82. The average molecular weight is 468 g/mol. The summed E-state index contributed by atoms with van der Waals surface area (Å²) in [7, 11) is 0. The SMILES string of the molecule is CCCCOCCOCCOC(COc1cccc(C(=O)NCCNC(C)C)c1)SC#N. The summed E-state index contributed by atoms with van der Waals surface area (Å²) in [6, 6.07) is 7.33. The molecular formula is C23H37N3O5S. The molecule has 1 unspecified atom stereocenters. The van der Waals surface area contributed by atoms with Crippen LogP contribution in [-0.2, 0) is 14.2 Å². The maximum Gasteiger partial charge on any atom is 0.251 e. The molecule has 1 amide bonds. The fourth-order valence-corrected chi connectivity index (χ4v) is 2.93. The monoisotopic (exact) mass is 467 g/mol. The van der Waals surface area contributed by atoms with E-state index in [0.717, 1.165) is 31.2 Å². The molecule has 0 bridgehead atoms. The summed E-state index contributed by atoms with van der Waals surface area (Å²) in [4.78, 5) is 12.3. The Bertz CT molecular complexity index is 669. The summed E-state index contributed by atoms with van der Waals surface area (Å²) < 4.78 is 22.3. The lowest BCUT2D eigenvalue weighted by atomic mass is 10.2. The van der Waals surface area contributed by atoms with Crippen LogP contribution in [0.4, 0.5) is 0 Å². The van der Waals surface area contributed by atoms with Crippen LogP contribution in [0.3, 0.4) is 0 Å². The number of nitrogens with zero attached hydrogens (tertiary/aromatic N) is 1. The second-order valence-corrected chi connectivity index (χ2v) is 8.24. The van der Waals surface area contributed by atoms with Crippen molar-refractivity contribution in [1.29, 1.82) is 5.26 Å². The highest BCUT2D eigenvalue weighted by atomic mass is 32.2. The molecule has 0 aromatic heterocycles. The van der Waals surface area contributed by atoms with Crippen LogP contribution in [0.15, 0.2) is 24.3 Å². The average Bonchev–Trinajstić information content (AvgIpc) is 2.79. The molecule has 8 nitrogen and oxygen atoms in total. The van der Waals surface area contributed by atoms with Gasteiger partial charge in [0.05, 0.1) is 26.4 Å². The number of nitrogens with one attached hydrogen (secondary N) is 2. The number of benzene rings is 1. The van der Waals surface area contributed by atoms with Gasteiger partial charge in [-0.3, -0.25) is 4.79 Å². The first-order valence-corrected chi connectivity index (χ1v) is 12.0. The van der Waals surface area contributed by atoms with Crippen LogP contribution >= 0.6 is 11.8 Å². The number of hydrogen-bond donors (Lipinski definition) is 2. The van der Waals surface area contributed by atoms with Gasteiger partial charge in [-0.05, 0) is 36.4 Å². The predicted octanol–water partition coefficient (Wildman–Crippen LogP) is 3.18. The summed E-state index contributed by atoms with van der Waals surface area (Å²) in [6.45, 7) is 10.3. The van der Waals surface area contributed by atoms with E-state index in [2.05, 4.69) is 31.4 Å². The van der Waals surface area contributed by atoms with E-state index in [4.69, 9.17) is 24.2 Å². The van der Waals surface area contributed by atoms with Crippen LogP contribution in [0, 0.1) is 10.7 Å². The van der Waals surface area contributed by atoms with E-state index >= 15 is 0 Å². The topological polar surface area (TPSA) is 102 Å². The first-order chi connectivity index (χ1) is 15.6. The summed E-state index contributed by atoms with van der Waals surface area (Å²) in [5.41, 5.74) is 0.0657. The van der Waals surface area contributed by atoms with Crippen LogP contribution in [-0.4, -0.2) is 70.1 Å². The maximum atomic E-state index is 12.3. The molecule has 0 saturated carbocycles. The van der Waals surface area contributed by atoms with E-state index in [-0.39, 0.29) is 12.5 Å². The number of amides is 1. The molecule has 180 valence electrons. The van der Waals surface area contributed by atoms with Crippen molar-refractivity contribution in [3.05, 3.63) is 29.8 Å². The van der Waals surface area contributed by atoms with Crippen LogP contribution in [0.25, 0.3) is 0 Å². The molecule has 1 aromatic carbocycles. The van der Waals surface area contributed by atoms with Crippen molar-refractivity contribution in [2.75, 3.05) is 52.7 Å². The highest BCUT2D eigenvalue weighted by molar-refractivity contribution is 8.04. The van der Waals surface area contributed by atoms with E-state index in [9.17, 15) is 4.79 Å².